The van der Waals surface area contributed by atoms with E-state index in [0.29, 0.717) is 5.52 Å². The monoisotopic (exact) mass is 385 g/mol. The van der Waals surface area contributed by atoms with Gasteiger partial charge in [0.15, 0.2) is 11.5 Å². The van der Waals surface area contributed by atoms with Crippen LogP contribution in [0.25, 0.3) is 11.0 Å². The molecule has 0 atom stereocenters. The number of fused-ring (bicyclic) bond motifs is 2. The fourth-order valence-electron chi connectivity index (χ4n) is 2.36. The van der Waals surface area contributed by atoms with Crippen molar-refractivity contribution < 1.29 is 31.5 Å². The molecule has 0 unspecified atom stereocenters. The third-order valence-corrected chi connectivity index (χ3v) is 4.36. The fraction of sp³-hybridized carbons (Fsp3) is 0.0769. The van der Waals surface area contributed by atoms with Gasteiger partial charge in [0.05, 0.1) is 15.9 Å². The Hall–Kier alpha value is -3.19. The number of nitrogens with one attached hydrogen (secondary N) is 3. The molecule has 0 fully saturated rings. The Balaban J connectivity index is 1.58. The number of anilines is 1. The first kappa shape index (κ1) is 16.3. The summed E-state index contributed by atoms with van der Waals surface area (Å²) < 4.78 is 57.2. The predicted octanol–water partition coefficient (Wildman–Crippen LogP) is 1.11. The first-order valence-electron chi connectivity index (χ1n) is 6.93. The van der Waals surface area contributed by atoms with Gasteiger partial charge in [0, 0.05) is 18.3 Å². The Labute approximate surface area is 143 Å². The van der Waals surface area contributed by atoms with Crippen LogP contribution >= 0.6 is 0 Å². The number of aromatic amines is 2. The smallest absolute Gasteiger partial charge is 0.395 e. The lowest BCUT2D eigenvalue weighted by Gasteiger charge is -2.04. The van der Waals surface area contributed by atoms with Crippen molar-refractivity contribution in [1.29, 1.82) is 0 Å². The number of hydrogen-bond acceptors (Lipinski definition) is 6. The van der Waals surface area contributed by atoms with Gasteiger partial charge in [0.25, 0.3) is 5.91 Å². The number of sulfonamides is 1. The lowest BCUT2D eigenvalue weighted by molar-refractivity contribution is -0.286. The van der Waals surface area contributed by atoms with E-state index in [9.17, 15) is 22.0 Å². The molecule has 10 nitrogen and oxygen atoms in total. The Morgan fingerprint density at radius 1 is 1.23 bits per heavy atom. The van der Waals surface area contributed by atoms with Gasteiger partial charge in [0.2, 0.25) is 16.0 Å². The highest BCUT2D eigenvalue weighted by atomic mass is 32.2. The van der Waals surface area contributed by atoms with Crippen molar-refractivity contribution in [3.8, 4) is 11.5 Å². The normalized spacial score (nSPS) is 15.3. The van der Waals surface area contributed by atoms with Crippen LogP contribution in [0.1, 0.15) is 10.5 Å². The Kier molecular flexibility index (Phi) is 3.23. The molecule has 13 heteroatoms. The third-order valence-electron chi connectivity index (χ3n) is 3.47. The lowest BCUT2D eigenvalue weighted by Crippen LogP contribution is -2.25. The van der Waals surface area contributed by atoms with Crippen LogP contribution in [0.5, 0.6) is 11.5 Å². The number of rotatable bonds is 3. The highest BCUT2D eigenvalue weighted by Gasteiger charge is 2.43. The molecule has 5 N–H and O–H groups in total. The molecule has 0 spiro atoms. The number of imidazole rings is 1. The number of aromatic nitrogens is 3. The molecule has 0 saturated carbocycles. The number of amides is 1. The summed E-state index contributed by atoms with van der Waals surface area (Å²) >= 11 is 0. The Morgan fingerprint density at radius 2 is 1.92 bits per heavy atom. The summed E-state index contributed by atoms with van der Waals surface area (Å²) in [5.41, 5.74) is 0.498. The quantitative estimate of drug-likeness (QED) is 0.530. The molecule has 0 radical (unpaired) electrons. The number of alkyl halides is 2. The number of hydrogen-bond donors (Lipinski definition) is 4. The van der Waals surface area contributed by atoms with E-state index in [4.69, 9.17) is 5.14 Å². The zero-order valence-electron chi connectivity index (χ0n) is 12.5. The molecule has 1 amide bonds. The molecule has 4 rings (SSSR count). The van der Waals surface area contributed by atoms with E-state index in [-0.39, 0.29) is 33.6 Å². The molecule has 1 aromatic carbocycles. The van der Waals surface area contributed by atoms with E-state index in [0.717, 1.165) is 12.3 Å². The first-order chi connectivity index (χ1) is 12.1. The second-order valence-electron chi connectivity index (χ2n) is 5.32. The minimum Gasteiger partial charge on any atom is -0.395 e. The number of ether oxygens (including phenoxy) is 2. The van der Waals surface area contributed by atoms with Gasteiger partial charge in [-0.1, -0.05) is 0 Å². The van der Waals surface area contributed by atoms with Crippen LogP contribution in [-0.2, 0) is 10.0 Å². The fourth-order valence-corrected chi connectivity index (χ4v) is 2.86. The van der Waals surface area contributed by atoms with Gasteiger partial charge in [-0.25, -0.2) is 18.5 Å². The second kappa shape index (κ2) is 5.15. The summed E-state index contributed by atoms with van der Waals surface area (Å²) in [5, 5.41) is 7.37. The average molecular weight is 385 g/mol. The highest BCUT2D eigenvalue weighted by Crippen LogP contribution is 2.42. The second-order valence-corrected chi connectivity index (χ2v) is 6.88. The van der Waals surface area contributed by atoms with Crippen molar-refractivity contribution in [1.82, 2.24) is 15.0 Å². The summed E-state index contributed by atoms with van der Waals surface area (Å²) in [6.07, 6.45) is -2.67. The molecule has 1 aliphatic heterocycles. The first-order valence-corrected chi connectivity index (χ1v) is 8.47. The van der Waals surface area contributed by atoms with E-state index in [1.54, 1.807) is 0 Å². The van der Waals surface area contributed by atoms with E-state index in [1.165, 1.54) is 12.1 Å². The van der Waals surface area contributed by atoms with Crippen molar-refractivity contribution in [2.24, 2.45) is 5.14 Å². The summed E-state index contributed by atoms with van der Waals surface area (Å²) in [4.78, 5) is 21.1. The summed E-state index contributed by atoms with van der Waals surface area (Å²) in [5.74, 6) is -1.04. The maximum Gasteiger partial charge on any atom is 0.586 e. The molecule has 0 bridgehead atoms. The topological polar surface area (TPSA) is 152 Å². The van der Waals surface area contributed by atoms with Gasteiger partial charge in [-0.15, -0.1) is 8.78 Å². The molecule has 136 valence electrons. The van der Waals surface area contributed by atoms with Crippen molar-refractivity contribution >= 4 is 32.9 Å². The predicted molar refractivity (Wildman–Crippen MR) is 82.4 cm³/mol. The van der Waals surface area contributed by atoms with Crippen LogP contribution in [0, 0.1) is 0 Å². The number of nitrogens with zero attached hydrogens (tertiary/aromatic N) is 1. The number of H-pyrrole nitrogens is 2. The number of carbonyl (C=O) groups excluding carboxylic acids is 1. The Morgan fingerprint density at radius 3 is 2.58 bits per heavy atom. The lowest BCUT2D eigenvalue weighted by atomic mass is 10.3. The van der Waals surface area contributed by atoms with E-state index in [2.05, 4.69) is 29.7 Å². The third kappa shape index (κ3) is 2.82. The SMILES string of the molecule is NS(=O)(=O)c1c[nH]c(C(=O)Nc2nc3cc4c(cc3[nH]2)OC(F)(F)O4)c1. The van der Waals surface area contributed by atoms with Crippen LogP contribution in [0.15, 0.2) is 29.3 Å². The van der Waals surface area contributed by atoms with Crippen molar-refractivity contribution in [3.05, 3.63) is 30.1 Å². The standard InChI is InChI=1S/C13H9F2N5O5S/c14-13(15)24-9-2-6-7(3-10(9)25-13)19-12(18-6)20-11(21)8-1-5(4-17-8)26(16,22)23/h1-4,17H,(H2,16,22,23)(H2,18,19,20,21). The van der Waals surface area contributed by atoms with Crippen molar-refractivity contribution in [2.75, 3.05) is 5.32 Å². The molecule has 2 aromatic heterocycles. The van der Waals surface area contributed by atoms with Gasteiger partial charge in [-0.3, -0.25) is 10.1 Å². The molecular formula is C13H9F2N5O5S. The molecule has 0 aliphatic carbocycles. The van der Waals surface area contributed by atoms with E-state index < -0.39 is 22.2 Å². The van der Waals surface area contributed by atoms with Gasteiger partial charge in [-0.05, 0) is 6.07 Å². The van der Waals surface area contributed by atoms with Gasteiger partial charge >= 0.3 is 6.29 Å². The van der Waals surface area contributed by atoms with E-state index >= 15 is 0 Å². The molecule has 26 heavy (non-hydrogen) atoms. The Bertz CT molecular complexity index is 1110. The zero-order valence-corrected chi connectivity index (χ0v) is 13.4. The molecule has 3 aromatic rings. The molecule has 1 aliphatic rings. The van der Waals surface area contributed by atoms with Crippen LogP contribution in [0.2, 0.25) is 0 Å². The zero-order chi connectivity index (χ0) is 18.7. The average Bonchev–Trinajstić information content (AvgIpc) is 3.17. The van der Waals surface area contributed by atoms with Crippen LogP contribution in [0.4, 0.5) is 14.7 Å². The number of nitrogens with two attached hydrogens (primary N) is 1. The maximum absolute atomic E-state index is 13.0. The summed E-state index contributed by atoms with van der Waals surface area (Å²) in [6.45, 7) is 0. The van der Waals surface area contributed by atoms with Gasteiger partial charge in [0.1, 0.15) is 5.69 Å². The van der Waals surface area contributed by atoms with E-state index in [1.807, 2.05) is 0 Å². The van der Waals surface area contributed by atoms with Crippen LogP contribution < -0.4 is 19.9 Å². The number of carbonyl (C=O) groups is 1. The highest BCUT2D eigenvalue weighted by molar-refractivity contribution is 7.89. The molecular weight excluding hydrogens is 376 g/mol. The van der Waals surface area contributed by atoms with Crippen LogP contribution in [0.3, 0.4) is 0 Å². The maximum atomic E-state index is 13.0. The summed E-state index contributed by atoms with van der Waals surface area (Å²) in [6, 6.07) is 3.54. The van der Waals surface area contributed by atoms with Gasteiger partial charge < -0.3 is 19.4 Å². The largest absolute Gasteiger partial charge is 0.586 e. The number of benzene rings is 1. The molecule has 3 heterocycles. The molecule has 0 saturated heterocycles. The number of primary sulfonamides is 1. The minimum absolute atomic E-state index is 0.00666. The minimum atomic E-state index is -3.95. The summed E-state index contributed by atoms with van der Waals surface area (Å²) in [7, 11) is -3.95. The van der Waals surface area contributed by atoms with Crippen LogP contribution in [-0.4, -0.2) is 35.6 Å². The number of halogens is 2. The van der Waals surface area contributed by atoms with Crippen molar-refractivity contribution in [2.45, 2.75) is 11.2 Å². The van der Waals surface area contributed by atoms with Gasteiger partial charge in [-0.2, -0.15) is 0 Å². The van der Waals surface area contributed by atoms with Crippen molar-refractivity contribution in [3.63, 3.8) is 0 Å².